The van der Waals surface area contributed by atoms with Crippen LogP contribution in [0.3, 0.4) is 0 Å². The standard InChI is InChI=1S/C21H21BrN4O3/c1-13-20(22)14(2)26(25-13)12-16-10-15(8-9-19(16)29-3)11-23-24-21(28)17-6-4-5-7-18(17)27/h4-11,27H,12H2,1-3H3,(H,24,28). The second kappa shape index (κ2) is 8.91. The Hall–Kier alpha value is -3.13. The van der Waals surface area contributed by atoms with Gasteiger partial charge < -0.3 is 9.84 Å². The van der Waals surface area contributed by atoms with Crippen molar-refractivity contribution in [3.8, 4) is 11.5 Å². The molecule has 0 radical (unpaired) electrons. The van der Waals surface area contributed by atoms with Crippen molar-refractivity contribution in [2.24, 2.45) is 5.10 Å². The summed E-state index contributed by atoms with van der Waals surface area (Å²) in [4.78, 5) is 12.1. The average Bonchev–Trinajstić information content (AvgIpc) is 2.95. The maximum Gasteiger partial charge on any atom is 0.275 e. The minimum absolute atomic E-state index is 0.0945. The number of hydrogen-bond acceptors (Lipinski definition) is 5. The number of aryl methyl sites for hydroxylation is 1. The quantitative estimate of drug-likeness (QED) is 0.436. The molecule has 0 bridgehead atoms. The Balaban J connectivity index is 1.77. The zero-order valence-electron chi connectivity index (χ0n) is 16.3. The van der Waals surface area contributed by atoms with Crippen molar-refractivity contribution < 1.29 is 14.6 Å². The Morgan fingerprint density at radius 1 is 1.31 bits per heavy atom. The van der Waals surface area contributed by atoms with E-state index in [9.17, 15) is 9.90 Å². The fourth-order valence-corrected chi connectivity index (χ4v) is 3.17. The number of rotatable bonds is 6. The molecule has 0 saturated carbocycles. The lowest BCUT2D eigenvalue weighted by molar-refractivity contribution is 0.0952. The number of hydrogen-bond donors (Lipinski definition) is 2. The van der Waals surface area contributed by atoms with Gasteiger partial charge in [0.05, 0.1) is 41.3 Å². The van der Waals surface area contributed by atoms with Gasteiger partial charge in [-0.05, 0) is 65.7 Å². The first-order valence-corrected chi connectivity index (χ1v) is 9.67. The van der Waals surface area contributed by atoms with E-state index in [-0.39, 0.29) is 11.3 Å². The molecule has 29 heavy (non-hydrogen) atoms. The number of aromatic nitrogens is 2. The molecule has 8 heteroatoms. The number of phenolic OH excluding ortho intramolecular Hbond substituents is 1. The molecule has 0 aliphatic heterocycles. The van der Waals surface area contributed by atoms with E-state index in [1.165, 1.54) is 18.3 Å². The number of para-hydroxylation sites is 1. The molecule has 3 rings (SSSR count). The van der Waals surface area contributed by atoms with Crippen molar-refractivity contribution in [1.29, 1.82) is 0 Å². The van der Waals surface area contributed by atoms with E-state index < -0.39 is 5.91 Å². The minimum Gasteiger partial charge on any atom is -0.507 e. The first-order chi connectivity index (χ1) is 13.9. The Kier molecular flexibility index (Phi) is 6.33. The van der Waals surface area contributed by atoms with Crippen molar-refractivity contribution in [3.63, 3.8) is 0 Å². The summed E-state index contributed by atoms with van der Waals surface area (Å²) in [5, 5.41) is 18.3. The molecule has 3 aromatic rings. The number of phenols is 1. The molecule has 0 fully saturated rings. The van der Waals surface area contributed by atoms with Crippen LogP contribution in [0.4, 0.5) is 0 Å². The molecule has 1 aromatic heterocycles. The number of aromatic hydroxyl groups is 1. The molecule has 0 unspecified atom stereocenters. The highest BCUT2D eigenvalue weighted by Crippen LogP contribution is 2.24. The Morgan fingerprint density at radius 2 is 2.07 bits per heavy atom. The molecule has 1 amide bonds. The van der Waals surface area contributed by atoms with Crippen molar-refractivity contribution in [1.82, 2.24) is 15.2 Å². The molecular formula is C21H21BrN4O3. The molecule has 0 aliphatic carbocycles. The summed E-state index contributed by atoms with van der Waals surface area (Å²) in [5.74, 6) is 0.160. The summed E-state index contributed by atoms with van der Waals surface area (Å²) >= 11 is 3.54. The van der Waals surface area contributed by atoms with Crippen LogP contribution < -0.4 is 10.2 Å². The highest BCUT2D eigenvalue weighted by atomic mass is 79.9. The number of methoxy groups -OCH3 is 1. The monoisotopic (exact) mass is 456 g/mol. The normalized spacial score (nSPS) is 11.0. The van der Waals surface area contributed by atoms with E-state index in [4.69, 9.17) is 4.74 Å². The summed E-state index contributed by atoms with van der Waals surface area (Å²) in [6, 6.07) is 11.9. The van der Waals surface area contributed by atoms with Gasteiger partial charge in [0.1, 0.15) is 11.5 Å². The average molecular weight is 457 g/mol. The van der Waals surface area contributed by atoms with E-state index in [0.717, 1.165) is 32.7 Å². The number of amides is 1. The number of nitrogens with one attached hydrogen (secondary N) is 1. The fourth-order valence-electron chi connectivity index (χ4n) is 2.88. The summed E-state index contributed by atoms with van der Waals surface area (Å²) < 4.78 is 8.36. The number of nitrogens with zero attached hydrogens (tertiary/aromatic N) is 3. The van der Waals surface area contributed by atoms with Gasteiger partial charge in [0.25, 0.3) is 5.91 Å². The number of hydrazone groups is 1. The lowest BCUT2D eigenvalue weighted by Crippen LogP contribution is -2.17. The third-order valence-corrected chi connectivity index (χ3v) is 5.59. The predicted molar refractivity (Wildman–Crippen MR) is 115 cm³/mol. The Labute approximate surface area is 177 Å². The van der Waals surface area contributed by atoms with Gasteiger partial charge in [-0.15, -0.1) is 0 Å². The smallest absolute Gasteiger partial charge is 0.275 e. The van der Waals surface area contributed by atoms with Gasteiger partial charge in [-0.25, -0.2) is 5.43 Å². The van der Waals surface area contributed by atoms with Crippen molar-refractivity contribution in [2.45, 2.75) is 20.4 Å². The summed E-state index contributed by atoms with van der Waals surface area (Å²) in [6.45, 7) is 4.48. The number of carbonyl (C=O) groups excluding carboxylic acids is 1. The van der Waals surface area contributed by atoms with Crippen molar-refractivity contribution >= 4 is 28.1 Å². The van der Waals surface area contributed by atoms with Gasteiger partial charge in [-0.3, -0.25) is 9.48 Å². The number of benzene rings is 2. The SMILES string of the molecule is COc1ccc(C=NNC(=O)c2ccccc2O)cc1Cn1nc(C)c(Br)c1C. The lowest BCUT2D eigenvalue weighted by Gasteiger charge is -2.11. The van der Waals surface area contributed by atoms with Crippen LogP contribution in [-0.4, -0.2) is 34.1 Å². The van der Waals surface area contributed by atoms with Gasteiger partial charge in [-0.1, -0.05) is 12.1 Å². The predicted octanol–water partition coefficient (Wildman–Crippen LogP) is 3.79. The summed E-state index contributed by atoms with van der Waals surface area (Å²) in [7, 11) is 1.62. The number of halogens is 1. The first-order valence-electron chi connectivity index (χ1n) is 8.88. The maximum absolute atomic E-state index is 12.1. The summed E-state index contributed by atoms with van der Waals surface area (Å²) in [5.41, 5.74) is 6.26. The molecule has 0 atom stereocenters. The van der Waals surface area contributed by atoms with E-state index in [2.05, 4.69) is 31.6 Å². The van der Waals surface area contributed by atoms with Crippen LogP contribution in [0.2, 0.25) is 0 Å². The van der Waals surface area contributed by atoms with Crippen LogP contribution in [-0.2, 0) is 6.54 Å². The second-order valence-corrected chi connectivity index (χ2v) is 7.22. The lowest BCUT2D eigenvalue weighted by atomic mass is 10.1. The third kappa shape index (κ3) is 4.65. The van der Waals surface area contributed by atoms with Crippen molar-refractivity contribution in [2.75, 3.05) is 7.11 Å². The highest BCUT2D eigenvalue weighted by molar-refractivity contribution is 9.10. The van der Waals surface area contributed by atoms with Crippen LogP contribution in [0.1, 0.15) is 32.9 Å². The Bertz CT molecular complexity index is 1080. The van der Waals surface area contributed by atoms with Crippen LogP contribution >= 0.6 is 15.9 Å². The van der Waals surface area contributed by atoms with E-state index in [0.29, 0.717) is 6.54 Å². The molecule has 150 valence electrons. The van der Waals surface area contributed by atoms with Gasteiger partial charge in [0.15, 0.2) is 0 Å². The van der Waals surface area contributed by atoms with E-state index in [1.807, 2.05) is 36.7 Å². The number of carbonyl (C=O) groups is 1. The van der Waals surface area contributed by atoms with Gasteiger partial charge in [0.2, 0.25) is 0 Å². The van der Waals surface area contributed by atoms with Gasteiger partial charge >= 0.3 is 0 Å². The minimum atomic E-state index is -0.486. The van der Waals surface area contributed by atoms with E-state index in [1.54, 1.807) is 19.2 Å². The molecule has 7 nitrogen and oxygen atoms in total. The topological polar surface area (TPSA) is 88.7 Å². The Morgan fingerprint density at radius 3 is 2.72 bits per heavy atom. The van der Waals surface area contributed by atoms with Gasteiger partial charge in [-0.2, -0.15) is 10.2 Å². The van der Waals surface area contributed by atoms with Crippen LogP contribution in [0.5, 0.6) is 11.5 Å². The molecule has 2 N–H and O–H groups in total. The van der Waals surface area contributed by atoms with Crippen LogP contribution in [0.15, 0.2) is 52.0 Å². The van der Waals surface area contributed by atoms with Crippen LogP contribution in [0.25, 0.3) is 0 Å². The number of ether oxygens (including phenoxy) is 1. The molecule has 0 spiro atoms. The summed E-state index contributed by atoms with van der Waals surface area (Å²) in [6.07, 6.45) is 1.54. The van der Waals surface area contributed by atoms with Gasteiger partial charge in [0, 0.05) is 5.56 Å². The van der Waals surface area contributed by atoms with Crippen LogP contribution in [0, 0.1) is 13.8 Å². The molecule has 0 saturated heterocycles. The first kappa shape index (κ1) is 20.6. The highest BCUT2D eigenvalue weighted by Gasteiger charge is 2.12. The fraction of sp³-hybridized carbons (Fsp3) is 0.190. The molecule has 2 aromatic carbocycles. The third-order valence-electron chi connectivity index (χ3n) is 4.45. The molecular weight excluding hydrogens is 436 g/mol. The second-order valence-electron chi connectivity index (χ2n) is 6.43. The molecule has 1 heterocycles. The zero-order valence-corrected chi connectivity index (χ0v) is 17.9. The maximum atomic E-state index is 12.1. The van der Waals surface area contributed by atoms with Crippen molar-refractivity contribution in [3.05, 3.63) is 75.0 Å². The van der Waals surface area contributed by atoms with E-state index >= 15 is 0 Å². The molecule has 0 aliphatic rings. The largest absolute Gasteiger partial charge is 0.507 e. The zero-order chi connectivity index (χ0) is 21.0.